The fourth-order valence-electron chi connectivity index (χ4n) is 1.97. The van der Waals surface area contributed by atoms with E-state index in [9.17, 15) is 5.11 Å². The Kier molecular flexibility index (Phi) is 5.01. The van der Waals surface area contributed by atoms with E-state index >= 15 is 0 Å². The topological polar surface area (TPSA) is 46.4 Å². The number of rotatable bonds is 7. The molecule has 0 spiro atoms. The molecule has 4 heteroatoms. The molecule has 2 rings (SSSR count). The zero-order valence-electron chi connectivity index (χ0n) is 11.2. The summed E-state index contributed by atoms with van der Waals surface area (Å²) in [6.07, 6.45) is 4.17. The quantitative estimate of drug-likeness (QED) is 0.748. The normalized spacial score (nSPS) is 10.8. The minimum atomic E-state index is 0.311. The van der Waals surface area contributed by atoms with E-state index in [0.29, 0.717) is 5.75 Å². The first-order valence-electron chi connectivity index (χ1n) is 6.40. The van der Waals surface area contributed by atoms with Gasteiger partial charge in [0.25, 0.3) is 0 Å². The van der Waals surface area contributed by atoms with Crippen LogP contribution in [0.15, 0.2) is 42.7 Å². The third-order valence-corrected chi connectivity index (χ3v) is 2.90. The molecule has 19 heavy (non-hydrogen) atoms. The van der Waals surface area contributed by atoms with Crippen molar-refractivity contribution in [1.82, 2.24) is 9.88 Å². The molecular weight excluding hydrogens is 240 g/mol. The van der Waals surface area contributed by atoms with Crippen LogP contribution < -0.4 is 5.32 Å². The maximum Gasteiger partial charge on any atom is 0.115 e. The van der Waals surface area contributed by atoms with Crippen molar-refractivity contribution in [2.24, 2.45) is 0 Å². The molecule has 0 aliphatic heterocycles. The highest BCUT2D eigenvalue weighted by atomic mass is 16.5. The van der Waals surface area contributed by atoms with Crippen molar-refractivity contribution in [3.63, 3.8) is 0 Å². The van der Waals surface area contributed by atoms with Crippen molar-refractivity contribution in [3.8, 4) is 5.75 Å². The lowest BCUT2D eigenvalue weighted by Crippen LogP contribution is -2.18. The third-order valence-electron chi connectivity index (χ3n) is 2.90. The minimum absolute atomic E-state index is 0.311. The zero-order valence-corrected chi connectivity index (χ0v) is 11.2. The van der Waals surface area contributed by atoms with Gasteiger partial charge in [-0.05, 0) is 29.3 Å². The van der Waals surface area contributed by atoms with E-state index in [0.717, 1.165) is 31.8 Å². The largest absolute Gasteiger partial charge is 0.508 e. The van der Waals surface area contributed by atoms with Crippen LogP contribution in [-0.2, 0) is 17.8 Å². The molecule has 0 unspecified atom stereocenters. The summed E-state index contributed by atoms with van der Waals surface area (Å²) < 4.78 is 7.10. The molecule has 0 bridgehead atoms. The Morgan fingerprint density at radius 3 is 2.95 bits per heavy atom. The lowest BCUT2D eigenvalue weighted by Gasteiger charge is -2.04. The summed E-state index contributed by atoms with van der Waals surface area (Å²) in [6, 6.07) is 9.45. The third kappa shape index (κ3) is 4.43. The monoisotopic (exact) mass is 260 g/mol. The summed E-state index contributed by atoms with van der Waals surface area (Å²) in [5.41, 5.74) is 2.34. The van der Waals surface area contributed by atoms with E-state index < -0.39 is 0 Å². The van der Waals surface area contributed by atoms with Crippen LogP contribution in [0.1, 0.15) is 11.1 Å². The van der Waals surface area contributed by atoms with Gasteiger partial charge in [0, 0.05) is 39.1 Å². The number of aromatic nitrogens is 1. The lowest BCUT2D eigenvalue weighted by atomic mass is 10.2. The SMILES string of the molecule is COCCNCc1ccn(Cc2cccc(O)c2)c1. The average molecular weight is 260 g/mol. The molecule has 102 valence electrons. The number of phenolic OH excluding ortho intramolecular Hbond substituents is 1. The van der Waals surface area contributed by atoms with Crippen LogP contribution in [-0.4, -0.2) is 29.9 Å². The first-order chi connectivity index (χ1) is 9.28. The van der Waals surface area contributed by atoms with Gasteiger partial charge in [-0.1, -0.05) is 12.1 Å². The summed E-state index contributed by atoms with van der Waals surface area (Å²) in [5.74, 6) is 0.311. The Hall–Kier alpha value is -1.78. The van der Waals surface area contributed by atoms with Crippen LogP contribution in [0.4, 0.5) is 0 Å². The number of nitrogens with zero attached hydrogens (tertiary/aromatic N) is 1. The molecule has 0 aliphatic carbocycles. The Balaban J connectivity index is 1.87. The molecule has 1 aromatic heterocycles. The van der Waals surface area contributed by atoms with Gasteiger partial charge < -0.3 is 19.7 Å². The molecule has 4 nitrogen and oxygen atoms in total. The van der Waals surface area contributed by atoms with Crippen LogP contribution in [0.2, 0.25) is 0 Å². The van der Waals surface area contributed by atoms with Crippen LogP contribution in [0, 0.1) is 0 Å². The van der Waals surface area contributed by atoms with E-state index in [1.54, 1.807) is 19.2 Å². The van der Waals surface area contributed by atoms with Gasteiger partial charge in [-0.25, -0.2) is 0 Å². The first-order valence-corrected chi connectivity index (χ1v) is 6.40. The zero-order chi connectivity index (χ0) is 13.5. The van der Waals surface area contributed by atoms with Gasteiger partial charge in [0.15, 0.2) is 0 Å². The average Bonchev–Trinajstić information content (AvgIpc) is 2.82. The number of nitrogens with one attached hydrogen (secondary N) is 1. The molecule has 2 N–H and O–H groups in total. The van der Waals surface area contributed by atoms with Crippen molar-refractivity contribution in [3.05, 3.63) is 53.9 Å². The summed E-state index contributed by atoms with van der Waals surface area (Å²) in [4.78, 5) is 0. The Morgan fingerprint density at radius 1 is 1.26 bits per heavy atom. The smallest absolute Gasteiger partial charge is 0.115 e. The van der Waals surface area contributed by atoms with Gasteiger partial charge in [-0.2, -0.15) is 0 Å². The fourth-order valence-corrected chi connectivity index (χ4v) is 1.97. The molecule has 0 amide bonds. The summed E-state index contributed by atoms with van der Waals surface area (Å²) in [7, 11) is 1.70. The van der Waals surface area contributed by atoms with Crippen LogP contribution in [0.25, 0.3) is 0 Å². The van der Waals surface area contributed by atoms with E-state index in [2.05, 4.69) is 28.3 Å². The summed E-state index contributed by atoms with van der Waals surface area (Å²) in [5, 5.41) is 12.7. The number of ether oxygens (including phenoxy) is 1. The molecule has 0 atom stereocenters. The molecule has 0 saturated carbocycles. The molecule has 1 heterocycles. The van der Waals surface area contributed by atoms with Crippen molar-refractivity contribution < 1.29 is 9.84 Å². The summed E-state index contributed by atoms with van der Waals surface area (Å²) in [6.45, 7) is 3.20. The van der Waals surface area contributed by atoms with Gasteiger partial charge in [0.2, 0.25) is 0 Å². The van der Waals surface area contributed by atoms with E-state index in [-0.39, 0.29) is 0 Å². The Bertz CT molecular complexity index is 508. The second kappa shape index (κ2) is 6.97. The Labute approximate surface area is 113 Å². The summed E-state index contributed by atoms with van der Waals surface area (Å²) >= 11 is 0. The predicted molar refractivity (Wildman–Crippen MR) is 75.2 cm³/mol. The van der Waals surface area contributed by atoms with Gasteiger partial charge in [-0.3, -0.25) is 0 Å². The second-order valence-corrected chi connectivity index (χ2v) is 4.53. The van der Waals surface area contributed by atoms with Gasteiger partial charge in [0.05, 0.1) is 6.61 Å². The van der Waals surface area contributed by atoms with Gasteiger partial charge >= 0.3 is 0 Å². The lowest BCUT2D eigenvalue weighted by molar-refractivity contribution is 0.199. The Morgan fingerprint density at radius 2 is 2.16 bits per heavy atom. The van der Waals surface area contributed by atoms with Gasteiger partial charge in [0.1, 0.15) is 5.75 Å². The number of methoxy groups -OCH3 is 1. The molecule has 0 saturated heterocycles. The molecule has 0 aliphatic rings. The molecular formula is C15H20N2O2. The maximum absolute atomic E-state index is 9.43. The van der Waals surface area contributed by atoms with E-state index in [1.165, 1.54) is 5.56 Å². The number of aromatic hydroxyl groups is 1. The maximum atomic E-state index is 9.43. The number of benzene rings is 1. The predicted octanol–water partition coefficient (Wildman–Crippen LogP) is 1.98. The highest BCUT2D eigenvalue weighted by molar-refractivity contribution is 5.27. The molecule has 0 fully saturated rings. The van der Waals surface area contributed by atoms with Crippen molar-refractivity contribution in [2.75, 3.05) is 20.3 Å². The first kappa shape index (κ1) is 13.6. The molecule has 2 aromatic rings. The highest BCUT2D eigenvalue weighted by Gasteiger charge is 1.99. The van der Waals surface area contributed by atoms with Crippen LogP contribution in [0.5, 0.6) is 5.75 Å². The second-order valence-electron chi connectivity index (χ2n) is 4.53. The molecule has 1 aromatic carbocycles. The van der Waals surface area contributed by atoms with E-state index in [4.69, 9.17) is 4.74 Å². The highest BCUT2D eigenvalue weighted by Crippen LogP contribution is 2.13. The van der Waals surface area contributed by atoms with Crippen LogP contribution >= 0.6 is 0 Å². The fraction of sp³-hybridized carbons (Fsp3) is 0.333. The van der Waals surface area contributed by atoms with Gasteiger partial charge in [-0.15, -0.1) is 0 Å². The standard InChI is InChI=1S/C15H20N2O2/c1-19-8-6-16-10-14-5-7-17(12-14)11-13-3-2-4-15(18)9-13/h2-5,7,9,12,16,18H,6,8,10-11H2,1H3. The van der Waals surface area contributed by atoms with Crippen molar-refractivity contribution in [2.45, 2.75) is 13.1 Å². The van der Waals surface area contributed by atoms with Crippen LogP contribution in [0.3, 0.4) is 0 Å². The van der Waals surface area contributed by atoms with E-state index in [1.807, 2.05) is 12.1 Å². The van der Waals surface area contributed by atoms with Crippen molar-refractivity contribution in [1.29, 1.82) is 0 Å². The minimum Gasteiger partial charge on any atom is -0.508 e. The number of hydrogen-bond acceptors (Lipinski definition) is 3. The molecule has 0 radical (unpaired) electrons. The number of hydrogen-bond donors (Lipinski definition) is 2. The number of phenols is 1. The van der Waals surface area contributed by atoms with Crippen molar-refractivity contribution >= 4 is 0 Å².